The van der Waals surface area contributed by atoms with E-state index in [1.165, 1.54) is 0 Å². The van der Waals surface area contributed by atoms with Gasteiger partial charge in [-0.15, -0.1) is 12.4 Å². The highest BCUT2D eigenvalue weighted by Crippen LogP contribution is 2.16. The zero-order valence-corrected chi connectivity index (χ0v) is 13.5. The molecule has 2 N–H and O–H groups in total. The predicted octanol–water partition coefficient (Wildman–Crippen LogP) is -0.0536. The van der Waals surface area contributed by atoms with Crippen LogP contribution in [0.2, 0.25) is 0 Å². The van der Waals surface area contributed by atoms with Gasteiger partial charge < -0.3 is 10.2 Å². The van der Waals surface area contributed by atoms with E-state index in [4.69, 9.17) is 0 Å². The van der Waals surface area contributed by atoms with E-state index < -0.39 is 15.6 Å². The highest BCUT2D eigenvalue weighted by Gasteiger charge is 2.36. The molecule has 0 spiro atoms. The van der Waals surface area contributed by atoms with Crippen LogP contribution in [0.5, 0.6) is 0 Å². The van der Waals surface area contributed by atoms with Crippen molar-refractivity contribution >= 4 is 28.3 Å². The highest BCUT2D eigenvalue weighted by atomic mass is 35.5. The van der Waals surface area contributed by atoms with Gasteiger partial charge in [0.15, 0.2) is 0 Å². The molecule has 114 valence electrons. The predicted molar refractivity (Wildman–Crippen MR) is 78.0 cm³/mol. The summed E-state index contributed by atoms with van der Waals surface area (Å²) < 4.78 is 24.9. The number of hydrogen-bond donors (Lipinski definition) is 2. The van der Waals surface area contributed by atoms with Gasteiger partial charge in [-0.1, -0.05) is 0 Å². The van der Waals surface area contributed by atoms with E-state index in [1.54, 1.807) is 18.7 Å². The number of likely N-dealkylation sites (N-methyl/N-ethyl adjacent to an activating group) is 1. The fourth-order valence-corrected chi connectivity index (χ4v) is 3.31. The van der Waals surface area contributed by atoms with E-state index in [2.05, 4.69) is 10.0 Å². The second kappa shape index (κ2) is 6.88. The quantitative estimate of drug-likeness (QED) is 0.762. The highest BCUT2D eigenvalue weighted by molar-refractivity contribution is 7.88. The monoisotopic (exact) mass is 313 g/mol. The number of amides is 1. The Hall–Kier alpha value is -0.370. The second-order valence-corrected chi connectivity index (χ2v) is 7.13. The topological polar surface area (TPSA) is 78.5 Å². The lowest BCUT2D eigenvalue weighted by atomic mass is 10.0. The Morgan fingerprint density at radius 3 is 2.42 bits per heavy atom. The minimum atomic E-state index is -3.40. The average Bonchev–Trinajstić information content (AvgIpc) is 2.25. The number of sulfonamides is 1. The van der Waals surface area contributed by atoms with Crippen molar-refractivity contribution in [3.63, 3.8) is 0 Å². The van der Waals surface area contributed by atoms with E-state index in [9.17, 15) is 13.2 Å². The number of halogens is 1. The number of likely N-dealkylation sites (tertiary alicyclic amines) is 1. The summed E-state index contributed by atoms with van der Waals surface area (Å²) >= 11 is 0. The van der Waals surface area contributed by atoms with E-state index in [0.717, 1.165) is 19.1 Å². The van der Waals surface area contributed by atoms with Crippen molar-refractivity contribution in [1.29, 1.82) is 0 Å². The van der Waals surface area contributed by atoms with Gasteiger partial charge >= 0.3 is 0 Å². The smallest absolute Gasteiger partial charge is 0.243 e. The minimum absolute atomic E-state index is 0. The molecule has 1 heterocycles. The fourth-order valence-electron chi connectivity index (χ4n) is 2.30. The van der Waals surface area contributed by atoms with E-state index in [-0.39, 0.29) is 24.4 Å². The molecule has 0 aliphatic carbocycles. The summed E-state index contributed by atoms with van der Waals surface area (Å²) in [5, 5.41) is 3.16. The standard InChI is InChI=1S/C11H23N3O3S.ClH/c1-11(2,13-18(4,16)17)10(15)14-7-5-6-9(8-14)12-3;/h9,12-13H,5-8H2,1-4H3;1H. The number of hydrogen-bond acceptors (Lipinski definition) is 4. The number of piperidine rings is 1. The molecule has 1 fully saturated rings. The van der Waals surface area contributed by atoms with Gasteiger partial charge in [-0.2, -0.15) is 0 Å². The maximum atomic E-state index is 12.3. The number of nitrogens with one attached hydrogen (secondary N) is 2. The van der Waals surface area contributed by atoms with Gasteiger partial charge in [-0.25, -0.2) is 13.1 Å². The molecule has 0 aromatic carbocycles. The van der Waals surface area contributed by atoms with Crippen LogP contribution in [-0.2, 0) is 14.8 Å². The van der Waals surface area contributed by atoms with E-state index in [0.29, 0.717) is 13.1 Å². The first-order chi connectivity index (χ1) is 8.15. The Kier molecular flexibility index (Phi) is 6.74. The van der Waals surface area contributed by atoms with Gasteiger partial charge in [-0.05, 0) is 33.7 Å². The number of carbonyl (C=O) groups excluding carboxylic acids is 1. The maximum absolute atomic E-state index is 12.3. The molecule has 1 aliphatic heterocycles. The van der Waals surface area contributed by atoms with Crippen molar-refractivity contribution in [1.82, 2.24) is 14.9 Å². The molecule has 19 heavy (non-hydrogen) atoms. The van der Waals surface area contributed by atoms with Crippen LogP contribution in [0.3, 0.4) is 0 Å². The SMILES string of the molecule is CNC1CCCN(C(=O)C(C)(C)NS(C)(=O)=O)C1.Cl. The molecule has 1 amide bonds. The summed E-state index contributed by atoms with van der Waals surface area (Å²) in [5.74, 6) is -0.173. The van der Waals surface area contributed by atoms with Gasteiger partial charge in [0.2, 0.25) is 15.9 Å². The Balaban J connectivity index is 0.00000324. The van der Waals surface area contributed by atoms with Crippen LogP contribution < -0.4 is 10.0 Å². The summed E-state index contributed by atoms with van der Waals surface area (Å²) in [6, 6.07) is 0.289. The summed E-state index contributed by atoms with van der Waals surface area (Å²) in [6.45, 7) is 4.51. The molecule has 1 rings (SSSR count). The first-order valence-corrected chi connectivity index (χ1v) is 8.00. The van der Waals surface area contributed by atoms with Crippen molar-refractivity contribution in [2.75, 3.05) is 26.4 Å². The van der Waals surface area contributed by atoms with Gasteiger partial charge in [0, 0.05) is 19.1 Å². The third-order valence-corrected chi connectivity index (χ3v) is 3.97. The summed E-state index contributed by atoms with van der Waals surface area (Å²) in [6.07, 6.45) is 3.04. The van der Waals surface area contributed by atoms with Crippen LogP contribution in [0.4, 0.5) is 0 Å². The molecule has 6 nitrogen and oxygen atoms in total. The Morgan fingerprint density at radius 1 is 1.37 bits per heavy atom. The van der Waals surface area contributed by atoms with Crippen LogP contribution in [0, 0.1) is 0 Å². The number of carbonyl (C=O) groups is 1. The lowest BCUT2D eigenvalue weighted by molar-refractivity contribution is -0.137. The Morgan fingerprint density at radius 2 is 1.95 bits per heavy atom. The van der Waals surface area contributed by atoms with Crippen molar-refractivity contribution in [3.8, 4) is 0 Å². The van der Waals surface area contributed by atoms with E-state index >= 15 is 0 Å². The normalized spacial score (nSPS) is 20.8. The van der Waals surface area contributed by atoms with Crippen molar-refractivity contribution in [3.05, 3.63) is 0 Å². The molecule has 8 heteroatoms. The van der Waals surface area contributed by atoms with Gasteiger partial charge in [-0.3, -0.25) is 4.79 Å². The third-order valence-electron chi connectivity index (χ3n) is 3.09. The van der Waals surface area contributed by atoms with Gasteiger partial charge in [0.1, 0.15) is 5.54 Å². The molecule has 0 bridgehead atoms. The molecule has 1 saturated heterocycles. The molecule has 0 aromatic rings. The van der Waals surface area contributed by atoms with Crippen LogP contribution in [0.25, 0.3) is 0 Å². The third kappa shape index (κ3) is 5.64. The first kappa shape index (κ1) is 18.6. The Labute approximate surface area is 121 Å². The summed E-state index contributed by atoms with van der Waals surface area (Å²) in [4.78, 5) is 14.1. The van der Waals surface area contributed by atoms with E-state index in [1.807, 2.05) is 7.05 Å². The van der Waals surface area contributed by atoms with Gasteiger partial charge in [0.05, 0.1) is 6.26 Å². The number of rotatable bonds is 4. The second-order valence-electron chi connectivity index (χ2n) is 5.38. The largest absolute Gasteiger partial charge is 0.340 e. The maximum Gasteiger partial charge on any atom is 0.243 e. The molecular weight excluding hydrogens is 290 g/mol. The minimum Gasteiger partial charge on any atom is -0.340 e. The molecule has 0 radical (unpaired) electrons. The Bertz CT molecular complexity index is 411. The lowest BCUT2D eigenvalue weighted by Gasteiger charge is -2.37. The van der Waals surface area contributed by atoms with Crippen LogP contribution in [0.15, 0.2) is 0 Å². The average molecular weight is 314 g/mol. The number of nitrogens with zero attached hydrogens (tertiary/aromatic N) is 1. The lowest BCUT2D eigenvalue weighted by Crippen LogP contribution is -2.58. The van der Waals surface area contributed by atoms with Gasteiger partial charge in [0.25, 0.3) is 0 Å². The molecular formula is C11H24ClN3O3S. The van der Waals surface area contributed by atoms with Crippen molar-refractivity contribution in [2.45, 2.75) is 38.3 Å². The zero-order valence-electron chi connectivity index (χ0n) is 11.9. The fraction of sp³-hybridized carbons (Fsp3) is 0.909. The van der Waals surface area contributed by atoms with Crippen molar-refractivity contribution < 1.29 is 13.2 Å². The van der Waals surface area contributed by atoms with Crippen molar-refractivity contribution in [2.24, 2.45) is 0 Å². The first-order valence-electron chi connectivity index (χ1n) is 6.11. The molecule has 0 aromatic heterocycles. The summed E-state index contributed by atoms with van der Waals surface area (Å²) in [7, 11) is -1.52. The molecule has 1 unspecified atom stereocenters. The zero-order chi connectivity index (χ0) is 14.0. The molecule has 1 atom stereocenters. The molecule has 1 aliphatic rings. The molecule has 0 saturated carbocycles. The van der Waals surface area contributed by atoms with Crippen LogP contribution in [-0.4, -0.2) is 57.2 Å². The van der Waals surface area contributed by atoms with Crippen LogP contribution >= 0.6 is 12.4 Å². The summed E-state index contributed by atoms with van der Waals surface area (Å²) in [5.41, 5.74) is -1.09. The van der Waals surface area contributed by atoms with Crippen LogP contribution in [0.1, 0.15) is 26.7 Å².